The molecular formula is C17H21ClFNO. The van der Waals surface area contributed by atoms with Crippen LogP contribution < -0.4 is 5.32 Å². The SMILES string of the molecule is CCCCCCNCc1ccc(-c2ccc(F)c(Cl)c2)o1. The lowest BCUT2D eigenvalue weighted by atomic mass is 10.2. The van der Waals surface area contributed by atoms with Crippen LogP contribution in [0.15, 0.2) is 34.7 Å². The fraction of sp³-hybridized carbons (Fsp3) is 0.412. The van der Waals surface area contributed by atoms with Crippen molar-refractivity contribution in [3.8, 4) is 11.3 Å². The molecule has 0 fully saturated rings. The normalized spacial score (nSPS) is 11.0. The quantitative estimate of drug-likeness (QED) is 0.660. The molecule has 1 heterocycles. The van der Waals surface area contributed by atoms with Crippen LogP contribution in [0.25, 0.3) is 11.3 Å². The van der Waals surface area contributed by atoms with Gasteiger partial charge in [0.05, 0.1) is 11.6 Å². The van der Waals surface area contributed by atoms with Crippen LogP contribution in [0, 0.1) is 5.82 Å². The standard InChI is InChI=1S/C17H21ClFNO/c1-2-3-4-5-10-20-12-14-7-9-17(21-14)13-6-8-16(19)15(18)11-13/h6-9,11,20H,2-5,10,12H2,1H3. The Balaban J connectivity index is 1.85. The number of unbranched alkanes of at least 4 members (excludes halogenated alkanes) is 3. The summed E-state index contributed by atoms with van der Waals surface area (Å²) in [7, 11) is 0. The average Bonchev–Trinajstić information content (AvgIpc) is 2.94. The topological polar surface area (TPSA) is 25.2 Å². The first-order valence-electron chi connectivity index (χ1n) is 7.45. The lowest BCUT2D eigenvalue weighted by Crippen LogP contribution is -2.14. The summed E-state index contributed by atoms with van der Waals surface area (Å²) in [5.41, 5.74) is 0.788. The second-order valence-electron chi connectivity index (χ2n) is 5.13. The lowest BCUT2D eigenvalue weighted by Gasteiger charge is -2.02. The lowest BCUT2D eigenvalue weighted by molar-refractivity contribution is 0.487. The first-order valence-corrected chi connectivity index (χ1v) is 7.83. The molecule has 0 amide bonds. The predicted molar refractivity (Wildman–Crippen MR) is 85.0 cm³/mol. The number of rotatable bonds is 8. The van der Waals surface area contributed by atoms with E-state index in [4.69, 9.17) is 16.0 Å². The Labute approximate surface area is 130 Å². The van der Waals surface area contributed by atoms with Crippen LogP contribution in [0.3, 0.4) is 0 Å². The Morgan fingerprint density at radius 3 is 2.76 bits per heavy atom. The molecule has 2 nitrogen and oxygen atoms in total. The van der Waals surface area contributed by atoms with Crippen molar-refractivity contribution in [3.63, 3.8) is 0 Å². The van der Waals surface area contributed by atoms with E-state index < -0.39 is 5.82 Å². The Kier molecular flexibility index (Phi) is 6.27. The van der Waals surface area contributed by atoms with Crippen molar-refractivity contribution in [2.45, 2.75) is 39.2 Å². The van der Waals surface area contributed by atoms with Crippen LogP contribution in [0.5, 0.6) is 0 Å². The minimum atomic E-state index is -0.416. The smallest absolute Gasteiger partial charge is 0.141 e. The maximum absolute atomic E-state index is 13.1. The fourth-order valence-corrected chi connectivity index (χ4v) is 2.35. The molecule has 21 heavy (non-hydrogen) atoms. The van der Waals surface area contributed by atoms with Gasteiger partial charge in [-0.15, -0.1) is 0 Å². The zero-order valence-corrected chi connectivity index (χ0v) is 13.0. The van der Waals surface area contributed by atoms with Gasteiger partial charge in [0.15, 0.2) is 0 Å². The first kappa shape index (κ1) is 16.1. The summed E-state index contributed by atoms with van der Waals surface area (Å²) in [4.78, 5) is 0. The molecule has 0 spiro atoms. The van der Waals surface area contributed by atoms with Gasteiger partial charge in [-0.1, -0.05) is 37.8 Å². The minimum absolute atomic E-state index is 0.111. The van der Waals surface area contributed by atoms with E-state index in [1.54, 1.807) is 12.1 Å². The Hall–Kier alpha value is -1.32. The molecule has 0 atom stereocenters. The number of hydrogen-bond donors (Lipinski definition) is 1. The molecule has 2 rings (SSSR count). The Morgan fingerprint density at radius 2 is 2.00 bits per heavy atom. The molecule has 0 aliphatic heterocycles. The molecule has 114 valence electrons. The molecule has 4 heteroatoms. The van der Waals surface area contributed by atoms with Crippen molar-refractivity contribution >= 4 is 11.6 Å². The highest BCUT2D eigenvalue weighted by Crippen LogP contribution is 2.26. The highest BCUT2D eigenvalue weighted by Gasteiger charge is 2.07. The maximum atomic E-state index is 13.1. The zero-order chi connectivity index (χ0) is 15.1. The molecule has 0 unspecified atom stereocenters. The number of hydrogen-bond acceptors (Lipinski definition) is 2. The molecule has 2 aromatic rings. The molecule has 0 saturated carbocycles. The molecule has 0 radical (unpaired) electrons. The van der Waals surface area contributed by atoms with Gasteiger partial charge in [0, 0.05) is 5.56 Å². The Bertz CT molecular complexity index is 568. The van der Waals surface area contributed by atoms with Gasteiger partial charge >= 0.3 is 0 Å². The second-order valence-corrected chi connectivity index (χ2v) is 5.54. The van der Waals surface area contributed by atoms with E-state index in [9.17, 15) is 4.39 Å². The average molecular weight is 310 g/mol. The van der Waals surface area contributed by atoms with Crippen molar-refractivity contribution in [1.29, 1.82) is 0 Å². The Morgan fingerprint density at radius 1 is 1.14 bits per heavy atom. The summed E-state index contributed by atoms with van der Waals surface area (Å²) < 4.78 is 18.9. The van der Waals surface area contributed by atoms with E-state index in [0.29, 0.717) is 12.3 Å². The van der Waals surface area contributed by atoms with Gasteiger partial charge in [-0.25, -0.2) is 4.39 Å². The highest BCUT2D eigenvalue weighted by molar-refractivity contribution is 6.31. The third kappa shape index (κ3) is 4.87. The fourth-order valence-electron chi connectivity index (χ4n) is 2.17. The van der Waals surface area contributed by atoms with Gasteiger partial charge in [0.25, 0.3) is 0 Å². The number of nitrogens with one attached hydrogen (secondary N) is 1. The molecule has 0 aliphatic carbocycles. The molecule has 0 bridgehead atoms. The highest BCUT2D eigenvalue weighted by atomic mass is 35.5. The summed E-state index contributed by atoms with van der Waals surface area (Å²) >= 11 is 5.79. The zero-order valence-electron chi connectivity index (χ0n) is 12.3. The summed E-state index contributed by atoms with van der Waals surface area (Å²) in [6, 6.07) is 8.43. The van der Waals surface area contributed by atoms with E-state index >= 15 is 0 Å². The maximum Gasteiger partial charge on any atom is 0.141 e. The predicted octanol–water partition coefficient (Wildman–Crippen LogP) is 5.41. The van der Waals surface area contributed by atoms with Crippen LogP contribution >= 0.6 is 11.6 Å². The molecular weight excluding hydrogens is 289 g/mol. The van der Waals surface area contributed by atoms with Crippen LogP contribution in [0.1, 0.15) is 38.4 Å². The van der Waals surface area contributed by atoms with Gasteiger partial charge in [-0.3, -0.25) is 0 Å². The first-order chi connectivity index (χ1) is 10.2. The second kappa shape index (κ2) is 8.20. The van der Waals surface area contributed by atoms with Gasteiger partial charge in [0.2, 0.25) is 0 Å². The van der Waals surface area contributed by atoms with Crippen molar-refractivity contribution in [3.05, 3.63) is 46.9 Å². The van der Waals surface area contributed by atoms with Crippen molar-refractivity contribution < 1.29 is 8.81 Å². The largest absolute Gasteiger partial charge is 0.460 e. The molecule has 1 aromatic carbocycles. The summed E-state index contributed by atoms with van der Waals surface area (Å²) in [6.45, 7) is 3.92. The van der Waals surface area contributed by atoms with E-state index in [1.807, 2.05) is 12.1 Å². The van der Waals surface area contributed by atoms with E-state index in [2.05, 4.69) is 12.2 Å². The van der Waals surface area contributed by atoms with E-state index in [0.717, 1.165) is 17.9 Å². The van der Waals surface area contributed by atoms with E-state index in [-0.39, 0.29) is 5.02 Å². The molecule has 0 saturated heterocycles. The number of halogens is 2. The summed E-state index contributed by atoms with van der Waals surface area (Å²) in [5, 5.41) is 3.48. The van der Waals surface area contributed by atoms with E-state index in [1.165, 1.54) is 31.7 Å². The van der Waals surface area contributed by atoms with Crippen LogP contribution in [0.4, 0.5) is 4.39 Å². The van der Waals surface area contributed by atoms with Gasteiger partial charge in [0.1, 0.15) is 17.3 Å². The monoisotopic (exact) mass is 309 g/mol. The van der Waals surface area contributed by atoms with Gasteiger partial charge in [-0.2, -0.15) is 0 Å². The molecule has 1 N–H and O–H groups in total. The van der Waals surface area contributed by atoms with Crippen molar-refractivity contribution in [1.82, 2.24) is 5.32 Å². The van der Waals surface area contributed by atoms with Crippen LogP contribution in [-0.2, 0) is 6.54 Å². The van der Waals surface area contributed by atoms with Gasteiger partial charge in [-0.05, 0) is 43.3 Å². The molecule has 1 aromatic heterocycles. The number of furan rings is 1. The number of benzene rings is 1. The third-order valence-electron chi connectivity index (χ3n) is 3.37. The summed E-state index contributed by atoms with van der Waals surface area (Å²) in [5.74, 6) is 1.17. The van der Waals surface area contributed by atoms with Crippen molar-refractivity contribution in [2.75, 3.05) is 6.54 Å². The van der Waals surface area contributed by atoms with Crippen LogP contribution in [0.2, 0.25) is 5.02 Å². The minimum Gasteiger partial charge on any atom is -0.460 e. The molecule has 0 aliphatic rings. The van der Waals surface area contributed by atoms with Crippen molar-refractivity contribution in [2.24, 2.45) is 0 Å². The van der Waals surface area contributed by atoms with Gasteiger partial charge < -0.3 is 9.73 Å². The van der Waals surface area contributed by atoms with Crippen LogP contribution in [-0.4, -0.2) is 6.54 Å². The summed E-state index contributed by atoms with van der Waals surface area (Å²) in [6.07, 6.45) is 5.00. The third-order valence-corrected chi connectivity index (χ3v) is 3.66.